The Morgan fingerprint density at radius 3 is 2.78 bits per heavy atom. The van der Waals surface area contributed by atoms with E-state index in [4.69, 9.17) is 14.5 Å². The van der Waals surface area contributed by atoms with Crippen LogP contribution in [0.4, 0.5) is 11.6 Å². The summed E-state index contributed by atoms with van der Waals surface area (Å²) in [4.78, 5) is 20.1. The Morgan fingerprint density at radius 2 is 1.95 bits per heavy atom. The third-order valence-corrected chi connectivity index (χ3v) is 6.16. The fourth-order valence-corrected chi connectivity index (χ4v) is 4.31. The minimum Gasteiger partial charge on any atom is -0.486 e. The van der Waals surface area contributed by atoms with Crippen molar-refractivity contribution in [3.05, 3.63) is 84.7 Å². The molecule has 6 rings (SSSR count). The summed E-state index contributed by atoms with van der Waals surface area (Å²) in [6.45, 7) is 4.65. The Labute approximate surface area is 213 Å². The first-order chi connectivity index (χ1) is 18.3. The molecule has 1 fully saturated rings. The van der Waals surface area contributed by atoms with E-state index in [1.807, 2.05) is 36.5 Å². The van der Waals surface area contributed by atoms with Crippen LogP contribution in [0.25, 0.3) is 22.2 Å². The molecule has 0 spiro atoms. The van der Waals surface area contributed by atoms with E-state index in [9.17, 15) is 0 Å². The number of benzene rings is 2. The summed E-state index contributed by atoms with van der Waals surface area (Å²) in [7, 11) is 0. The number of anilines is 2. The Morgan fingerprint density at radius 1 is 1.00 bits per heavy atom. The van der Waals surface area contributed by atoms with Gasteiger partial charge < -0.3 is 14.8 Å². The number of fused-ring (bicyclic) bond motifs is 1. The van der Waals surface area contributed by atoms with Gasteiger partial charge in [-0.3, -0.25) is 20.0 Å². The molecule has 0 atom stereocenters. The van der Waals surface area contributed by atoms with Gasteiger partial charge in [-0.05, 0) is 29.8 Å². The first kappa shape index (κ1) is 23.0. The van der Waals surface area contributed by atoms with Gasteiger partial charge in [-0.25, -0.2) is 9.97 Å². The van der Waals surface area contributed by atoms with E-state index in [0.29, 0.717) is 11.7 Å². The fourth-order valence-electron chi connectivity index (χ4n) is 4.31. The third kappa shape index (κ3) is 5.55. The molecule has 0 unspecified atom stereocenters. The van der Waals surface area contributed by atoms with Crippen LogP contribution < -0.4 is 10.1 Å². The van der Waals surface area contributed by atoms with Crippen molar-refractivity contribution in [2.75, 3.05) is 31.6 Å². The van der Waals surface area contributed by atoms with Crippen molar-refractivity contribution in [3.8, 4) is 17.0 Å². The zero-order valence-electron chi connectivity index (χ0n) is 20.2. The highest BCUT2D eigenvalue weighted by molar-refractivity contribution is 5.87. The van der Waals surface area contributed by atoms with Gasteiger partial charge in [0.25, 0.3) is 0 Å². The Hall–Kier alpha value is -4.41. The SMILES string of the molecule is c1cc(CN2CCOCC2)cc(Nc2ncc3cc(-c4ccn[nH]4)c(OCc4cnccn4)cc3n2)c1. The average molecular weight is 495 g/mol. The molecule has 1 aliphatic rings. The summed E-state index contributed by atoms with van der Waals surface area (Å²) < 4.78 is 11.6. The lowest BCUT2D eigenvalue weighted by Gasteiger charge is -2.26. The fraction of sp³-hybridized carbons (Fsp3) is 0.222. The minimum absolute atomic E-state index is 0.284. The number of rotatable bonds is 8. The lowest BCUT2D eigenvalue weighted by Crippen LogP contribution is -2.35. The molecule has 0 amide bonds. The monoisotopic (exact) mass is 494 g/mol. The zero-order chi connectivity index (χ0) is 24.9. The van der Waals surface area contributed by atoms with Crippen LogP contribution in [0.2, 0.25) is 0 Å². The van der Waals surface area contributed by atoms with Gasteiger partial charge in [0.15, 0.2) is 0 Å². The molecule has 5 aromatic rings. The predicted molar refractivity (Wildman–Crippen MR) is 139 cm³/mol. The molecular weight excluding hydrogens is 468 g/mol. The molecule has 37 heavy (non-hydrogen) atoms. The molecule has 0 saturated carbocycles. The number of nitrogens with zero attached hydrogens (tertiary/aromatic N) is 6. The number of hydrogen-bond donors (Lipinski definition) is 2. The third-order valence-electron chi connectivity index (χ3n) is 6.16. The second-order valence-electron chi connectivity index (χ2n) is 8.77. The molecule has 1 saturated heterocycles. The van der Waals surface area contributed by atoms with E-state index >= 15 is 0 Å². The summed E-state index contributed by atoms with van der Waals surface area (Å²) in [5.41, 5.74) is 5.39. The molecular formula is C27H26N8O2. The van der Waals surface area contributed by atoms with Gasteiger partial charge >= 0.3 is 0 Å². The molecule has 1 aliphatic heterocycles. The van der Waals surface area contributed by atoms with Gasteiger partial charge in [-0.15, -0.1) is 0 Å². The maximum Gasteiger partial charge on any atom is 0.227 e. The van der Waals surface area contributed by atoms with Gasteiger partial charge in [0.2, 0.25) is 5.95 Å². The quantitative estimate of drug-likeness (QED) is 0.331. The number of H-pyrrole nitrogens is 1. The first-order valence-electron chi connectivity index (χ1n) is 12.1. The molecule has 10 nitrogen and oxygen atoms in total. The van der Waals surface area contributed by atoms with E-state index < -0.39 is 0 Å². The second kappa shape index (κ2) is 10.7. The van der Waals surface area contributed by atoms with Crippen LogP contribution in [0.3, 0.4) is 0 Å². The van der Waals surface area contributed by atoms with Gasteiger partial charge in [-0.2, -0.15) is 5.10 Å². The molecule has 0 bridgehead atoms. The number of hydrogen-bond acceptors (Lipinski definition) is 9. The van der Waals surface area contributed by atoms with Crippen molar-refractivity contribution < 1.29 is 9.47 Å². The molecule has 0 aliphatic carbocycles. The molecule has 3 aromatic heterocycles. The van der Waals surface area contributed by atoms with Crippen LogP contribution in [-0.2, 0) is 17.9 Å². The van der Waals surface area contributed by atoms with Crippen molar-refractivity contribution >= 4 is 22.5 Å². The maximum absolute atomic E-state index is 6.16. The molecule has 0 radical (unpaired) electrons. The predicted octanol–water partition coefficient (Wildman–Crippen LogP) is 3.96. The highest BCUT2D eigenvalue weighted by Crippen LogP contribution is 2.33. The standard InChI is InChI=1S/C27H26N8O2/c1-2-19(17-35-8-10-36-11-9-35)12-21(3-1)32-27-30-15-20-13-23(24-4-5-31-34-24)26(14-25(20)33-27)37-18-22-16-28-6-7-29-22/h1-7,12-16H,8-11,17-18H2,(H,31,34)(H,30,32,33). The molecule has 186 valence electrons. The smallest absolute Gasteiger partial charge is 0.227 e. The number of morpholine rings is 1. The lowest BCUT2D eigenvalue weighted by molar-refractivity contribution is 0.0342. The van der Waals surface area contributed by atoms with Crippen LogP contribution in [-0.4, -0.2) is 61.3 Å². The largest absolute Gasteiger partial charge is 0.486 e. The lowest BCUT2D eigenvalue weighted by atomic mass is 10.1. The topological polar surface area (TPSA) is 114 Å². The Kier molecular flexibility index (Phi) is 6.65. The highest BCUT2D eigenvalue weighted by Gasteiger charge is 2.14. The van der Waals surface area contributed by atoms with Crippen molar-refractivity contribution in [2.45, 2.75) is 13.2 Å². The number of aromatic nitrogens is 6. The normalized spacial score (nSPS) is 14.1. The van der Waals surface area contributed by atoms with E-state index in [0.717, 1.165) is 66.4 Å². The van der Waals surface area contributed by atoms with Gasteiger partial charge in [0.05, 0.1) is 36.3 Å². The van der Waals surface area contributed by atoms with Gasteiger partial charge in [0.1, 0.15) is 12.4 Å². The Bertz CT molecular complexity index is 1470. The van der Waals surface area contributed by atoms with Crippen molar-refractivity contribution in [1.82, 2.24) is 35.0 Å². The van der Waals surface area contributed by atoms with Gasteiger partial charge in [0, 0.05) is 67.1 Å². The molecule has 10 heteroatoms. The van der Waals surface area contributed by atoms with Crippen LogP contribution in [0, 0.1) is 0 Å². The molecule has 2 N–H and O–H groups in total. The van der Waals surface area contributed by atoms with E-state index in [1.165, 1.54) is 5.56 Å². The average Bonchev–Trinajstić information content (AvgIpc) is 3.48. The van der Waals surface area contributed by atoms with Crippen LogP contribution in [0.5, 0.6) is 5.75 Å². The Balaban J connectivity index is 1.25. The van der Waals surface area contributed by atoms with E-state index in [2.05, 4.69) is 47.5 Å². The maximum atomic E-state index is 6.16. The number of ether oxygens (including phenoxy) is 2. The summed E-state index contributed by atoms with van der Waals surface area (Å²) in [6.07, 6.45) is 8.50. The molecule has 2 aromatic carbocycles. The van der Waals surface area contributed by atoms with E-state index in [-0.39, 0.29) is 6.61 Å². The summed E-state index contributed by atoms with van der Waals surface area (Å²) in [5, 5.41) is 11.3. The number of aromatic amines is 1. The van der Waals surface area contributed by atoms with Crippen molar-refractivity contribution in [2.24, 2.45) is 0 Å². The molecule has 4 heterocycles. The van der Waals surface area contributed by atoms with Crippen LogP contribution >= 0.6 is 0 Å². The second-order valence-corrected chi connectivity index (χ2v) is 8.77. The summed E-state index contributed by atoms with van der Waals surface area (Å²) >= 11 is 0. The summed E-state index contributed by atoms with van der Waals surface area (Å²) in [5.74, 6) is 1.18. The van der Waals surface area contributed by atoms with Gasteiger partial charge in [-0.1, -0.05) is 12.1 Å². The highest BCUT2D eigenvalue weighted by atomic mass is 16.5. The van der Waals surface area contributed by atoms with E-state index in [1.54, 1.807) is 24.8 Å². The van der Waals surface area contributed by atoms with Crippen molar-refractivity contribution in [1.29, 1.82) is 0 Å². The van der Waals surface area contributed by atoms with Crippen molar-refractivity contribution in [3.63, 3.8) is 0 Å². The minimum atomic E-state index is 0.284. The first-order valence-corrected chi connectivity index (χ1v) is 12.1. The van der Waals surface area contributed by atoms with Crippen LogP contribution in [0.15, 0.2) is 73.4 Å². The number of nitrogens with one attached hydrogen (secondary N) is 2. The van der Waals surface area contributed by atoms with Crippen LogP contribution in [0.1, 0.15) is 11.3 Å². The zero-order valence-corrected chi connectivity index (χ0v) is 20.2. The summed E-state index contributed by atoms with van der Waals surface area (Å²) in [6, 6.07) is 14.2.